The molecule has 2 fully saturated rings. The van der Waals surface area contributed by atoms with E-state index in [1.807, 2.05) is 0 Å². The van der Waals surface area contributed by atoms with Gasteiger partial charge in [-0.15, -0.1) is 0 Å². The summed E-state index contributed by atoms with van der Waals surface area (Å²) >= 11 is 0. The van der Waals surface area contributed by atoms with Gasteiger partial charge in [0.1, 0.15) is 0 Å². The van der Waals surface area contributed by atoms with E-state index in [0.717, 1.165) is 30.4 Å². The van der Waals surface area contributed by atoms with Crippen molar-refractivity contribution in [2.24, 2.45) is 11.8 Å². The first-order valence-corrected chi connectivity index (χ1v) is 4.08. The second-order valence-corrected chi connectivity index (χ2v) is 3.62. The molecule has 2 aliphatic rings. The average molecular weight is 136 g/mol. The molecule has 2 saturated carbocycles. The molecule has 0 aromatic carbocycles. The van der Waals surface area contributed by atoms with Crippen molar-refractivity contribution in [3.63, 3.8) is 0 Å². The number of fused-ring (bicyclic) bond motifs is 2. The Bertz CT molecular complexity index is 177. The summed E-state index contributed by atoms with van der Waals surface area (Å²) in [5.74, 6) is 1.70. The lowest BCUT2D eigenvalue weighted by Crippen LogP contribution is -2.15. The fourth-order valence-electron chi connectivity index (χ4n) is 2.38. The van der Waals surface area contributed by atoms with Gasteiger partial charge in [-0.1, -0.05) is 0 Å². The van der Waals surface area contributed by atoms with Crippen molar-refractivity contribution in [3.05, 3.63) is 5.53 Å². The maximum Gasteiger partial charge on any atom is 0.269 e. The zero-order valence-corrected chi connectivity index (χ0v) is 6.08. The number of nitrogens with zero attached hydrogens (tertiary/aromatic N) is 2. The summed E-state index contributed by atoms with van der Waals surface area (Å²) in [6.45, 7) is 0. The normalized spacial score (nSPS) is 37.8. The third-order valence-electron chi connectivity index (χ3n) is 2.84. The minimum absolute atomic E-state index is 0.852. The molecular formula is C8H12N2. The highest BCUT2D eigenvalue weighted by Gasteiger charge is 2.35. The molecule has 2 heteroatoms. The zero-order valence-electron chi connectivity index (χ0n) is 6.08. The van der Waals surface area contributed by atoms with Gasteiger partial charge in [0.2, 0.25) is 0 Å². The fourth-order valence-corrected chi connectivity index (χ4v) is 2.38. The molecule has 2 aliphatic carbocycles. The van der Waals surface area contributed by atoms with Crippen LogP contribution in [0.15, 0.2) is 0 Å². The average Bonchev–Trinajstić information content (AvgIpc) is 2.30. The third kappa shape index (κ3) is 0.889. The molecule has 0 saturated heterocycles. The van der Waals surface area contributed by atoms with E-state index in [-0.39, 0.29) is 0 Å². The van der Waals surface area contributed by atoms with E-state index in [1.54, 1.807) is 0 Å². The standard InChI is InChI=1S/C8H12N2/c9-10-8-4-6-1-2-7(3-6)5-8/h6-7H,1-5H2. The van der Waals surface area contributed by atoms with Crippen LogP contribution in [0.25, 0.3) is 5.53 Å². The van der Waals surface area contributed by atoms with Gasteiger partial charge >= 0.3 is 0 Å². The van der Waals surface area contributed by atoms with Gasteiger partial charge in [0.15, 0.2) is 0 Å². The Morgan fingerprint density at radius 2 is 1.80 bits per heavy atom. The lowest BCUT2D eigenvalue weighted by molar-refractivity contribution is -0.0155. The number of hydrogen-bond donors (Lipinski definition) is 0. The molecule has 0 N–H and O–H groups in total. The van der Waals surface area contributed by atoms with Crippen LogP contribution in [0.4, 0.5) is 0 Å². The topological polar surface area (TPSA) is 36.4 Å². The highest BCUT2D eigenvalue weighted by atomic mass is 14.9. The second-order valence-electron chi connectivity index (χ2n) is 3.62. The van der Waals surface area contributed by atoms with Crippen LogP contribution < -0.4 is 0 Å². The Balaban J connectivity index is 2.16. The van der Waals surface area contributed by atoms with Crippen LogP contribution in [-0.2, 0) is 0 Å². The first-order chi connectivity index (χ1) is 4.88. The summed E-state index contributed by atoms with van der Waals surface area (Å²) in [6.07, 6.45) is 6.24. The Labute approximate surface area is 60.9 Å². The maximum absolute atomic E-state index is 8.54. The molecule has 2 bridgehead atoms. The monoisotopic (exact) mass is 136 g/mol. The summed E-state index contributed by atoms with van der Waals surface area (Å²) in [5.41, 5.74) is 9.58. The van der Waals surface area contributed by atoms with Gasteiger partial charge in [-0.2, -0.15) is 4.79 Å². The van der Waals surface area contributed by atoms with E-state index in [4.69, 9.17) is 5.53 Å². The number of rotatable bonds is 0. The van der Waals surface area contributed by atoms with E-state index >= 15 is 0 Å². The molecule has 2 unspecified atom stereocenters. The van der Waals surface area contributed by atoms with Gasteiger partial charge in [-0.3, -0.25) is 0 Å². The lowest BCUT2D eigenvalue weighted by atomic mass is 9.88. The molecule has 0 amide bonds. The van der Waals surface area contributed by atoms with E-state index in [2.05, 4.69) is 4.79 Å². The van der Waals surface area contributed by atoms with Crippen LogP contribution in [0.1, 0.15) is 32.1 Å². The summed E-state index contributed by atoms with van der Waals surface area (Å²) in [4.78, 5) is 3.30. The van der Waals surface area contributed by atoms with Crippen LogP contribution in [-0.4, -0.2) is 10.5 Å². The van der Waals surface area contributed by atoms with Gasteiger partial charge in [-0.25, -0.2) is 0 Å². The molecular weight excluding hydrogens is 124 g/mol. The van der Waals surface area contributed by atoms with Gasteiger partial charge in [-0.05, 0) is 31.1 Å². The molecule has 10 heavy (non-hydrogen) atoms. The Hall–Kier alpha value is -0.620. The molecule has 2 nitrogen and oxygen atoms in total. The summed E-state index contributed by atoms with van der Waals surface area (Å²) in [7, 11) is 0. The molecule has 0 heterocycles. The van der Waals surface area contributed by atoms with Gasteiger partial charge in [0, 0.05) is 12.8 Å². The van der Waals surface area contributed by atoms with E-state index in [1.165, 1.54) is 19.3 Å². The molecule has 0 radical (unpaired) electrons. The third-order valence-corrected chi connectivity index (χ3v) is 2.84. The molecule has 0 aromatic heterocycles. The van der Waals surface area contributed by atoms with Crippen molar-refractivity contribution >= 4 is 5.71 Å². The predicted octanol–water partition coefficient (Wildman–Crippen LogP) is 1.87. The predicted molar refractivity (Wildman–Crippen MR) is 38.7 cm³/mol. The highest BCUT2D eigenvalue weighted by Crippen LogP contribution is 2.39. The Morgan fingerprint density at radius 3 is 2.30 bits per heavy atom. The van der Waals surface area contributed by atoms with E-state index in [9.17, 15) is 0 Å². The summed E-state index contributed by atoms with van der Waals surface area (Å²) < 4.78 is 0. The SMILES string of the molecule is [N-]=[N+]=C1CC2CCC(C1)C2. The highest BCUT2D eigenvalue weighted by molar-refractivity contribution is 5.80. The first-order valence-electron chi connectivity index (χ1n) is 4.08. The van der Waals surface area contributed by atoms with Gasteiger partial charge in [0.05, 0.1) is 0 Å². The minimum Gasteiger partial charge on any atom is -0.362 e. The Morgan fingerprint density at radius 1 is 1.20 bits per heavy atom. The molecule has 54 valence electrons. The van der Waals surface area contributed by atoms with Crippen LogP contribution in [0, 0.1) is 11.8 Å². The molecule has 0 aromatic rings. The van der Waals surface area contributed by atoms with E-state index < -0.39 is 0 Å². The Kier molecular flexibility index (Phi) is 1.35. The van der Waals surface area contributed by atoms with Crippen molar-refractivity contribution in [3.8, 4) is 0 Å². The first kappa shape index (κ1) is 6.11. The molecule has 2 rings (SSSR count). The lowest BCUT2D eigenvalue weighted by Gasteiger charge is -2.13. The zero-order chi connectivity index (χ0) is 6.97. The van der Waals surface area contributed by atoms with Crippen LogP contribution in [0.3, 0.4) is 0 Å². The summed E-state index contributed by atoms with van der Waals surface area (Å²) in [5, 5.41) is 0. The largest absolute Gasteiger partial charge is 0.362 e. The van der Waals surface area contributed by atoms with Crippen molar-refractivity contribution in [1.82, 2.24) is 0 Å². The van der Waals surface area contributed by atoms with Crippen molar-refractivity contribution in [2.45, 2.75) is 32.1 Å². The van der Waals surface area contributed by atoms with Gasteiger partial charge < -0.3 is 5.53 Å². The van der Waals surface area contributed by atoms with Crippen molar-refractivity contribution < 1.29 is 4.79 Å². The van der Waals surface area contributed by atoms with Crippen LogP contribution >= 0.6 is 0 Å². The van der Waals surface area contributed by atoms with Crippen molar-refractivity contribution in [1.29, 1.82) is 0 Å². The second kappa shape index (κ2) is 2.21. The van der Waals surface area contributed by atoms with E-state index in [0.29, 0.717) is 0 Å². The van der Waals surface area contributed by atoms with Crippen LogP contribution in [0.5, 0.6) is 0 Å². The van der Waals surface area contributed by atoms with Crippen LogP contribution in [0.2, 0.25) is 0 Å². The van der Waals surface area contributed by atoms with Gasteiger partial charge in [0.25, 0.3) is 5.71 Å². The smallest absolute Gasteiger partial charge is 0.269 e. The molecule has 0 spiro atoms. The summed E-state index contributed by atoms with van der Waals surface area (Å²) in [6, 6.07) is 0. The molecule has 2 atom stereocenters. The maximum atomic E-state index is 8.54. The number of hydrogen-bond acceptors (Lipinski definition) is 0. The minimum atomic E-state index is 0.852. The van der Waals surface area contributed by atoms with Crippen molar-refractivity contribution in [2.75, 3.05) is 0 Å². The fraction of sp³-hybridized carbons (Fsp3) is 0.875. The molecule has 0 aliphatic heterocycles. The quantitative estimate of drug-likeness (QED) is 0.360.